The molecule has 0 radical (unpaired) electrons. The predicted octanol–water partition coefficient (Wildman–Crippen LogP) is 2.43. The summed E-state index contributed by atoms with van der Waals surface area (Å²) in [6.45, 7) is 4.46. The van der Waals surface area contributed by atoms with Crippen molar-refractivity contribution in [1.82, 2.24) is 10.0 Å². The molecule has 1 aliphatic heterocycles. The Balaban J connectivity index is 0.00000200. The van der Waals surface area contributed by atoms with Crippen LogP contribution in [0, 0.1) is 5.41 Å². The first kappa shape index (κ1) is 17.7. The summed E-state index contributed by atoms with van der Waals surface area (Å²) in [5.41, 5.74) is 0.0247. The molecule has 1 heterocycles. The first-order chi connectivity index (χ1) is 8.91. The molecule has 2 N–H and O–H groups in total. The maximum atomic E-state index is 12.2. The van der Waals surface area contributed by atoms with Crippen molar-refractivity contribution in [3.05, 3.63) is 29.3 Å². The van der Waals surface area contributed by atoms with E-state index in [1.54, 1.807) is 18.2 Å². The number of halogens is 2. The zero-order chi connectivity index (χ0) is 13.9. The minimum absolute atomic E-state index is 0. The van der Waals surface area contributed by atoms with Gasteiger partial charge in [0.15, 0.2) is 0 Å². The maximum Gasteiger partial charge on any atom is 0.240 e. The highest BCUT2D eigenvalue weighted by molar-refractivity contribution is 7.89. The van der Waals surface area contributed by atoms with Gasteiger partial charge in [-0.05, 0) is 49.5 Å². The molecule has 0 atom stereocenters. The normalized spacial score (nSPS) is 18.3. The molecule has 0 aliphatic carbocycles. The van der Waals surface area contributed by atoms with E-state index in [2.05, 4.69) is 17.0 Å². The van der Waals surface area contributed by atoms with E-state index in [9.17, 15) is 8.42 Å². The van der Waals surface area contributed by atoms with Crippen LogP contribution in [0.5, 0.6) is 0 Å². The number of nitrogens with one attached hydrogen (secondary N) is 2. The van der Waals surface area contributed by atoms with Gasteiger partial charge in [0.25, 0.3) is 0 Å². The molecular formula is C13H20Cl2N2O2S. The van der Waals surface area contributed by atoms with Crippen molar-refractivity contribution < 1.29 is 8.42 Å². The Morgan fingerprint density at radius 1 is 1.35 bits per heavy atom. The summed E-state index contributed by atoms with van der Waals surface area (Å²) < 4.78 is 27.1. The quantitative estimate of drug-likeness (QED) is 0.886. The number of hydrogen-bond acceptors (Lipinski definition) is 3. The molecule has 1 fully saturated rings. The van der Waals surface area contributed by atoms with Gasteiger partial charge in [-0.1, -0.05) is 24.6 Å². The molecule has 0 spiro atoms. The molecule has 0 saturated carbocycles. The monoisotopic (exact) mass is 338 g/mol. The van der Waals surface area contributed by atoms with Crippen molar-refractivity contribution in [2.45, 2.75) is 24.7 Å². The van der Waals surface area contributed by atoms with Crippen LogP contribution in [0.4, 0.5) is 0 Å². The van der Waals surface area contributed by atoms with Crippen LogP contribution in [-0.4, -0.2) is 28.1 Å². The van der Waals surface area contributed by atoms with Gasteiger partial charge in [0.05, 0.1) is 4.90 Å². The van der Waals surface area contributed by atoms with E-state index in [-0.39, 0.29) is 22.7 Å². The second-order valence-electron chi connectivity index (χ2n) is 5.34. The zero-order valence-electron chi connectivity index (χ0n) is 11.4. The molecule has 0 bridgehead atoms. The largest absolute Gasteiger partial charge is 0.317 e. The standard InChI is InChI=1S/C13H19ClN2O2S.ClH/c1-13(5-7-15-8-6-13)10-16-19(17,18)12-4-2-3-11(14)9-12;/h2-4,9,15-16H,5-8,10H2,1H3;1H. The van der Waals surface area contributed by atoms with Gasteiger partial charge in [0, 0.05) is 11.6 Å². The fourth-order valence-corrected chi connectivity index (χ4v) is 3.69. The van der Waals surface area contributed by atoms with E-state index in [1.807, 2.05) is 0 Å². The molecule has 4 nitrogen and oxygen atoms in total. The Morgan fingerprint density at radius 2 is 2.00 bits per heavy atom. The predicted molar refractivity (Wildman–Crippen MR) is 84.1 cm³/mol. The summed E-state index contributed by atoms with van der Waals surface area (Å²) in [7, 11) is -3.48. The number of sulfonamides is 1. The Morgan fingerprint density at radius 3 is 2.60 bits per heavy atom. The van der Waals surface area contributed by atoms with E-state index in [0.717, 1.165) is 25.9 Å². The SMILES string of the molecule is CC1(CNS(=O)(=O)c2cccc(Cl)c2)CCNCC1.Cl. The van der Waals surface area contributed by atoms with Crippen molar-refractivity contribution in [3.8, 4) is 0 Å². The summed E-state index contributed by atoms with van der Waals surface area (Å²) in [6, 6.07) is 6.32. The topological polar surface area (TPSA) is 58.2 Å². The average molecular weight is 339 g/mol. The minimum Gasteiger partial charge on any atom is -0.317 e. The summed E-state index contributed by atoms with van der Waals surface area (Å²) in [5.74, 6) is 0. The molecule has 20 heavy (non-hydrogen) atoms. The van der Waals surface area contributed by atoms with Crippen molar-refractivity contribution in [2.75, 3.05) is 19.6 Å². The summed E-state index contributed by atoms with van der Waals surface area (Å²) in [5, 5.41) is 3.71. The third-order valence-electron chi connectivity index (χ3n) is 3.61. The minimum atomic E-state index is -3.48. The van der Waals surface area contributed by atoms with Crippen LogP contribution in [0.3, 0.4) is 0 Å². The van der Waals surface area contributed by atoms with Gasteiger partial charge in [-0.25, -0.2) is 13.1 Å². The van der Waals surface area contributed by atoms with Crippen molar-refractivity contribution in [3.63, 3.8) is 0 Å². The first-order valence-electron chi connectivity index (χ1n) is 6.37. The van der Waals surface area contributed by atoms with Gasteiger partial charge in [0.1, 0.15) is 0 Å². The van der Waals surface area contributed by atoms with Crippen molar-refractivity contribution in [1.29, 1.82) is 0 Å². The van der Waals surface area contributed by atoms with Crippen molar-refractivity contribution in [2.24, 2.45) is 5.41 Å². The lowest BCUT2D eigenvalue weighted by Gasteiger charge is -2.34. The second kappa shape index (κ2) is 7.09. The fourth-order valence-electron chi connectivity index (χ4n) is 2.19. The lowest BCUT2D eigenvalue weighted by Crippen LogP contribution is -2.42. The third kappa shape index (κ3) is 4.60. The van der Waals surface area contributed by atoms with Gasteiger partial charge >= 0.3 is 0 Å². The molecule has 1 saturated heterocycles. The van der Waals surface area contributed by atoms with Crippen LogP contribution in [0.1, 0.15) is 19.8 Å². The van der Waals surface area contributed by atoms with Gasteiger partial charge in [0.2, 0.25) is 10.0 Å². The lowest BCUT2D eigenvalue weighted by atomic mass is 9.81. The molecule has 7 heteroatoms. The van der Waals surface area contributed by atoms with Crippen LogP contribution in [0.2, 0.25) is 5.02 Å². The maximum absolute atomic E-state index is 12.2. The molecule has 0 amide bonds. The van der Waals surface area contributed by atoms with Gasteiger partial charge in [-0.2, -0.15) is 0 Å². The van der Waals surface area contributed by atoms with Crippen molar-refractivity contribution >= 4 is 34.0 Å². The van der Waals surface area contributed by atoms with Crippen LogP contribution in [0.25, 0.3) is 0 Å². The van der Waals surface area contributed by atoms with E-state index in [1.165, 1.54) is 6.07 Å². The van der Waals surface area contributed by atoms with E-state index < -0.39 is 10.0 Å². The molecule has 1 aromatic carbocycles. The summed E-state index contributed by atoms with van der Waals surface area (Å²) >= 11 is 5.83. The van der Waals surface area contributed by atoms with E-state index in [0.29, 0.717) is 11.6 Å². The fraction of sp³-hybridized carbons (Fsp3) is 0.538. The number of hydrogen-bond donors (Lipinski definition) is 2. The molecule has 0 unspecified atom stereocenters. The summed E-state index contributed by atoms with van der Waals surface area (Å²) in [6.07, 6.45) is 1.95. The van der Waals surface area contributed by atoms with Crippen LogP contribution in [0.15, 0.2) is 29.2 Å². The Kier molecular flexibility index (Phi) is 6.28. The highest BCUT2D eigenvalue weighted by Crippen LogP contribution is 2.27. The molecular weight excluding hydrogens is 319 g/mol. The Hall–Kier alpha value is -0.330. The Bertz CT molecular complexity index is 543. The van der Waals surface area contributed by atoms with E-state index >= 15 is 0 Å². The molecule has 1 aromatic rings. The molecule has 114 valence electrons. The zero-order valence-corrected chi connectivity index (χ0v) is 13.7. The van der Waals surface area contributed by atoms with Crippen LogP contribution in [-0.2, 0) is 10.0 Å². The van der Waals surface area contributed by atoms with E-state index in [4.69, 9.17) is 11.6 Å². The van der Waals surface area contributed by atoms with Gasteiger partial charge in [-0.15, -0.1) is 12.4 Å². The van der Waals surface area contributed by atoms with Crippen LogP contribution >= 0.6 is 24.0 Å². The molecule has 0 aromatic heterocycles. The highest BCUT2D eigenvalue weighted by Gasteiger charge is 2.28. The van der Waals surface area contributed by atoms with Gasteiger partial charge < -0.3 is 5.32 Å². The molecule has 2 rings (SSSR count). The number of rotatable bonds is 4. The number of piperidine rings is 1. The highest BCUT2D eigenvalue weighted by atomic mass is 35.5. The second-order valence-corrected chi connectivity index (χ2v) is 7.55. The molecule has 1 aliphatic rings. The smallest absolute Gasteiger partial charge is 0.240 e. The first-order valence-corrected chi connectivity index (χ1v) is 8.23. The third-order valence-corrected chi connectivity index (χ3v) is 5.24. The average Bonchev–Trinajstić information content (AvgIpc) is 2.38. The summed E-state index contributed by atoms with van der Waals surface area (Å²) in [4.78, 5) is 0.220. The lowest BCUT2D eigenvalue weighted by molar-refractivity contribution is 0.232. The Labute approximate surface area is 131 Å². The number of benzene rings is 1. The van der Waals surface area contributed by atoms with Gasteiger partial charge in [-0.3, -0.25) is 0 Å². The van der Waals surface area contributed by atoms with Crippen LogP contribution < -0.4 is 10.0 Å².